The van der Waals surface area contributed by atoms with Crippen molar-refractivity contribution < 1.29 is 19.2 Å². The Bertz CT molecular complexity index is 1260. The number of hydrazine groups is 1. The number of Topliss-reactive ketones (excluding diaryl/α,β-unsaturated/α-hetero) is 1. The van der Waals surface area contributed by atoms with E-state index in [9.17, 15) is 19.2 Å². The number of allylic oxidation sites excluding steroid dienone is 2. The summed E-state index contributed by atoms with van der Waals surface area (Å²) in [6, 6.07) is 9.55. The van der Waals surface area contributed by atoms with E-state index in [-0.39, 0.29) is 33.2 Å². The zero-order chi connectivity index (χ0) is 24.3. The van der Waals surface area contributed by atoms with Crippen LogP contribution in [0.1, 0.15) is 38.3 Å². The van der Waals surface area contributed by atoms with Gasteiger partial charge in [0.25, 0.3) is 17.7 Å². The number of aryl methyl sites for hydroxylation is 2. The van der Waals surface area contributed by atoms with E-state index in [0.29, 0.717) is 5.56 Å². The molecule has 1 aliphatic heterocycles. The maximum atomic E-state index is 13.6. The third-order valence-electron chi connectivity index (χ3n) is 7.21. The molecule has 2 fully saturated rings. The molecule has 0 spiro atoms. The molecule has 0 unspecified atom stereocenters. The summed E-state index contributed by atoms with van der Waals surface area (Å²) < 4.78 is 0. The van der Waals surface area contributed by atoms with Crippen molar-refractivity contribution in [2.24, 2.45) is 23.7 Å². The van der Waals surface area contributed by atoms with Crippen molar-refractivity contribution in [3.8, 4) is 0 Å². The van der Waals surface area contributed by atoms with Crippen LogP contribution >= 0.6 is 23.2 Å². The zero-order valence-electron chi connectivity index (χ0n) is 18.6. The first-order valence-electron chi connectivity index (χ1n) is 11.1. The molecule has 0 radical (unpaired) electrons. The molecule has 8 heteroatoms. The lowest BCUT2D eigenvalue weighted by atomic mass is 9.85. The Balaban J connectivity index is 1.52. The highest BCUT2D eigenvalue weighted by molar-refractivity contribution is 6.42. The van der Waals surface area contributed by atoms with E-state index in [4.69, 9.17) is 23.2 Å². The molecule has 2 aromatic carbocycles. The summed E-state index contributed by atoms with van der Waals surface area (Å²) in [5.41, 5.74) is 2.48. The first-order chi connectivity index (χ1) is 16.2. The average molecular weight is 497 g/mol. The zero-order valence-corrected chi connectivity index (χ0v) is 20.1. The number of rotatable bonds is 5. The highest BCUT2D eigenvalue weighted by Crippen LogP contribution is 2.52. The fourth-order valence-corrected chi connectivity index (χ4v) is 5.58. The van der Waals surface area contributed by atoms with Crippen molar-refractivity contribution in [1.82, 2.24) is 10.0 Å². The van der Waals surface area contributed by atoms with Gasteiger partial charge in [0.2, 0.25) is 0 Å². The van der Waals surface area contributed by atoms with E-state index in [1.54, 1.807) is 12.1 Å². The van der Waals surface area contributed by atoms with E-state index in [0.717, 1.165) is 27.6 Å². The molecule has 0 N–H and O–H groups in total. The van der Waals surface area contributed by atoms with Gasteiger partial charge >= 0.3 is 0 Å². The van der Waals surface area contributed by atoms with Gasteiger partial charge in [-0.05, 0) is 67.5 Å². The summed E-state index contributed by atoms with van der Waals surface area (Å²) >= 11 is 12.1. The standard InChI is InChI=1S/C26H22Cl2N2O4/c1-13-3-4-15(9-14(13)2)21(31)12-29(24(32)18-7-8-19(27)20(28)11-18)30-25(33)22-16-5-6-17(10-16)23(22)26(30)34/h3-9,11,16-17,22-23H,10,12H2,1-2H3/t16-,17-,22-,23+/m0/s1. The molecule has 2 aromatic rings. The maximum Gasteiger partial charge on any atom is 0.273 e. The summed E-state index contributed by atoms with van der Waals surface area (Å²) in [4.78, 5) is 53.7. The van der Waals surface area contributed by atoms with E-state index in [2.05, 4.69) is 0 Å². The number of nitrogens with zero attached hydrogens (tertiary/aromatic N) is 2. The minimum absolute atomic E-state index is 0.0196. The summed E-state index contributed by atoms with van der Waals surface area (Å²) in [7, 11) is 0. The number of imide groups is 1. The number of benzene rings is 2. The third-order valence-corrected chi connectivity index (χ3v) is 7.95. The molecule has 2 bridgehead atoms. The van der Waals surface area contributed by atoms with E-state index in [1.165, 1.54) is 18.2 Å². The molecule has 5 rings (SSSR count). The highest BCUT2D eigenvalue weighted by atomic mass is 35.5. The van der Waals surface area contributed by atoms with Gasteiger partial charge in [-0.3, -0.25) is 19.2 Å². The van der Waals surface area contributed by atoms with Crippen molar-refractivity contribution >= 4 is 46.7 Å². The predicted molar refractivity (Wildman–Crippen MR) is 127 cm³/mol. The number of carbonyl (C=O) groups is 4. The van der Waals surface area contributed by atoms with Crippen LogP contribution in [0.4, 0.5) is 0 Å². The predicted octanol–water partition coefficient (Wildman–Crippen LogP) is 4.66. The third kappa shape index (κ3) is 3.56. The minimum Gasteiger partial charge on any atom is -0.292 e. The van der Waals surface area contributed by atoms with Crippen molar-refractivity contribution in [2.75, 3.05) is 6.54 Å². The Morgan fingerprint density at radius 3 is 2.09 bits per heavy atom. The van der Waals surface area contributed by atoms with Gasteiger partial charge < -0.3 is 0 Å². The summed E-state index contributed by atoms with van der Waals surface area (Å²) in [6.07, 6.45) is 4.72. The molecule has 3 aliphatic rings. The van der Waals surface area contributed by atoms with Gasteiger partial charge in [-0.25, -0.2) is 5.01 Å². The Labute approximate surface area is 207 Å². The molecule has 1 heterocycles. The Morgan fingerprint density at radius 2 is 1.50 bits per heavy atom. The van der Waals surface area contributed by atoms with Gasteiger partial charge in [-0.1, -0.05) is 47.5 Å². The smallest absolute Gasteiger partial charge is 0.273 e. The van der Waals surface area contributed by atoms with Gasteiger partial charge in [0, 0.05) is 11.1 Å². The lowest BCUT2D eigenvalue weighted by Gasteiger charge is -2.31. The fourth-order valence-electron chi connectivity index (χ4n) is 5.28. The van der Waals surface area contributed by atoms with Crippen LogP contribution in [0.2, 0.25) is 10.0 Å². The summed E-state index contributed by atoms with van der Waals surface area (Å²) in [5.74, 6) is -2.95. The maximum absolute atomic E-state index is 13.6. The second kappa shape index (κ2) is 8.36. The average Bonchev–Trinajstić information content (AvgIpc) is 3.49. The number of halogens is 2. The van der Waals surface area contributed by atoms with Crippen LogP contribution in [0.3, 0.4) is 0 Å². The highest BCUT2D eigenvalue weighted by Gasteiger charge is 2.61. The number of hydrogen-bond acceptors (Lipinski definition) is 4. The molecule has 1 saturated heterocycles. The molecule has 3 amide bonds. The second-order valence-corrected chi connectivity index (χ2v) is 10.0. The van der Waals surface area contributed by atoms with Gasteiger partial charge in [-0.2, -0.15) is 5.01 Å². The quantitative estimate of drug-likeness (QED) is 0.342. The van der Waals surface area contributed by atoms with Crippen LogP contribution < -0.4 is 0 Å². The number of ketones is 1. The Hall–Kier alpha value is -2.96. The molecular weight excluding hydrogens is 475 g/mol. The molecule has 2 aliphatic carbocycles. The lowest BCUT2D eigenvalue weighted by molar-refractivity contribution is -0.154. The van der Waals surface area contributed by atoms with Crippen LogP contribution in [0.15, 0.2) is 48.6 Å². The van der Waals surface area contributed by atoms with Gasteiger partial charge in [0.15, 0.2) is 5.78 Å². The molecule has 174 valence electrons. The molecule has 6 nitrogen and oxygen atoms in total. The Morgan fingerprint density at radius 1 is 0.882 bits per heavy atom. The summed E-state index contributed by atoms with van der Waals surface area (Å²) in [5, 5.41) is 2.29. The van der Waals surface area contributed by atoms with Gasteiger partial charge in [0.05, 0.1) is 21.9 Å². The van der Waals surface area contributed by atoms with Crippen molar-refractivity contribution in [3.05, 3.63) is 80.8 Å². The lowest BCUT2D eigenvalue weighted by Crippen LogP contribution is -2.52. The normalized spacial score (nSPS) is 24.6. The fraction of sp³-hybridized carbons (Fsp3) is 0.308. The first-order valence-corrected chi connectivity index (χ1v) is 11.9. The van der Waals surface area contributed by atoms with Gasteiger partial charge in [0.1, 0.15) is 6.54 Å². The first kappa shape index (κ1) is 22.8. The van der Waals surface area contributed by atoms with Crippen LogP contribution in [-0.4, -0.2) is 40.1 Å². The molecule has 34 heavy (non-hydrogen) atoms. The largest absolute Gasteiger partial charge is 0.292 e. The van der Waals surface area contributed by atoms with Crippen LogP contribution in [-0.2, 0) is 9.59 Å². The monoisotopic (exact) mass is 496 g/mol. The van der Waals surface area contributed by atoms with E-state index < -0.39 is 36.1 Å². The van der Waals surface area contributed by atoms with Crippen LogP contribution in [0, 0.1) is 37.5 Å². The van der Waals surface area contributed by atoms with E-state index in [1.807, 2.05) is 32.1 Å². The van der Waals surface area contributed by atoms with E-state index >= 15 is 0 Å². The topological polar surface area (TPSA) is 74.8 Å². The van der Waals surface area contributed by atoms with Crippen molar-refractivity contribution in [1.29, 1.82) is 0 Å². The van der Waals surface area contributed by atoms with Gasteiger partial charge in [-0.15, -0.1) is 0 Å². The number of carbonyl (C=O) groups excluding carboxylic acids is 4. The number of fused-ring (bicyclic) bond motifs is 5. The Kier molecular flexibility index (Phi) is 5.61. The molecule has 1 saturated carbocycles. The SMILES string of the molecule is Cc1ccc(C(=O)CN(C(=O)c2ccc(Cl)c(Cl)c2)N2C(=O)[C@@H]3[C@H](C2=O)[C@H]2C=C[C@H]3C2)cc1C. The van der Waals surface area contributed by atoms with Crippen LogP contribution in [0.5, 0.6) is 0 Å². The second-order valence-electron chi connectivity index (χ2n) is 9.20. The molecule has 0 aromatic heterocycles. The van der Waals surface area contributed by atoms with Crippen molar-refractivity contribution in [3.63, 3.8) is 0 Å². The molecular formula is C26H22Cl2N2O4. The minimum atomic E-state index is -0.669. The molecule has 4 atom stereocenters. The summed E-state index contributed by atoms with van der Waals surface area (Å²) in [6.45, 7) is 3.37. The van der Waals surface area contributed by atoms with Crippen molar-refractivity contribution in [2.45, 2.75) is 20.3 Å². The number of hydrogen-bond donors (Lipinski definition) is 0. The van der Waals surface area contributed by atoms with Crippen LogP contribution in [0.25, 0.3) is 0 Å². The number of amides is 3.